The van der Waals surface area contributed by atoms with Crippen LogP contribution in [0.15, 0.2) is 27.1 Å². The van der Waals surface area contributed by atoms with Crippen molar-refractivity contribution in [1.29, 1.82) is 0 Å². The zero-order valence-electron chi connectivity index (χ0n) is 11.4. The summed E-state index contributed by atoms with van der Waals surface area (Å²) < 4.78 is 11.5. The topological polar surface area (TPSA) is 52.3 Å². The number of ether oxygens (including phenoxy) is 1. The fourth-order valence-electron chi connectivity index (χ4n) is 2.06. The normalized spacial score (nSPS) is 14.2. The number of halogens is 2. The Morgan fingerprint density at radius 2 is 2.29 bits per heavy atom. The first-order valence-corrected chi connectivity index (χ1v) is 7.90. The van der Waals surface area contributed by atoms with Crippen LogP contribution in [0.5, 0.6) is 0 Å². The molecule has 0 amide bonds. The Labute approximate surface area is 135 Å². The third kappa shape index (κ3) is 2.99. The van der Waals surface area contributed by atoms with Gasteiger partial charge in [-0.2, -0.15) is 0 Å². The van der Waals surface area contributed by atoms with Gasteiger partial charge in [-0.25, -0.2) is 9.78 Å². The molecular weight excluding hydrogens is 358 g/mol. The summed E-state index contributed by atoms with van der Waals surface area (Å²) in [5.74, 6) is 0.455. The number of aromatic nitrogens is 1. The van der Waals surface area contributed by atoms with Gasteiger partial charge < -0.3 is 9.15 Å². The molecule has 1 aromatic heterocycles. The van der Waals surface area contributed by atoms with Crippen molar-refractivity contribution in [2.24, 2.45) is 0 Å². The van der Waals surface area contributed by atoms with Crippen molar-refractivity contribution < 1.29 is 13.9 Å². The molecule has 1 aliphatic rings. The Kier molecular flexibility index (Phi) is 4.04. The monoisotopic (exact) mass is 369 g/mol. The minimum atomic E-state index is -0.457. The van der Waals surface area contributed by atoms with Crippen molar-refractivity contribution in [1.82, 2.24) is 4.98 Å². The van der Waals surface area contributed by atoms with Crippen LogP contribution in [-0.4, -0.2) is 17.6 Å². The lowest BCUT2D eigenvalue weighted by Gasteiger charge is -1.99. The molecular formula is C15H13BrClNO3. The maximum atomic E-state index is 12.0. The molecule has 1 heterocycles. The molecule has 0 saturated heterocycles. The minimum Gasteiger partial charge on any atom is -0.460 e. The SMILES string of the molecule is CCOC(=O)c1oc(-c2ccc(Br)c(Cl)c2)nc1C1CC1. The highest BCUT2D eigenvalue weighted by Gasteiger charge is 2.34. The van der Waals surface area contributed by atoms with Crippen molar-refractivity contribution in [3.8, 4) is 11.5 Å². The standard InChI is InChI=1S/C15H13BrClNO3/c1-2-20-15(19)13-12(8-3-4-8)18-14(21-13)9-5-6-10(16)11(17)7-9/h5-8H,2-4H2,1H3. The Morgan fingerprint density at radius 1 is 1.52 bits per heavy atom. The quantitative estimate of drug-likeness (QED) is 0.725. The number of esters is 1. The van der Waals surface area contributed by atoms with Gasteiger partial charge in [-0.1, -0.05) is 11.6 Å². The molecule has 4 nitrogen and oxygen atoms in total. The van der Waals surface area contributed by atoms with Gasteiger partial charge in [-0.3, -0.25) is 0 Å². The molecule has 1 saturated carbocycles. The Morgan fingerprint density at radius 3 is 2.90 bits per heavy atom. The van der Waals surface area contributed by atoms with Gasteiger partial charge in [0.2, 0.25) is 11.7 Å². The van der Waals surface area contributed by atoms with Gasteiger partial charge in [0.1, 0.15) is 0 Å². The average molecular weight is 371 g/mol. The fourth-order valence-corrected chi connectivity index (χ4v) is 2.49. The lowest BCUT2D eigenvalue weighted by Crippen LogP contribution is -2.05. The van der Waals surface area contributed by atoms with Gasteiger partial charge >= 0.3 is 5.97 Å². The molecule has 1 aliphatic carbocycles. The number of nitrogens with zero attached hydrogens (tertiary/aromatic N) is 1. The number of carbonyl (C=O) groups is 1. The molecule has 0 atom stereocenters. The van der Waals surface area contributed by atoms with Crippen LogP contribution in [0.1, 0.15) is 41.9 Å². The third-order valence-electron chi connectivity index (χ3n) is 3.24. The Bertz CT molecular complexity index is 694. The van der Waals surface area contributed by atoms with Crippen molar-refractivity contribution in [2.75, 3.05) is 6.61 Å². The molecule has 0 radical (unpaired) electrons. The summed E-state index contributed by atoms with van der Waals surface area (Å²) in [6.45, 7) is 2.07. The van der Waals surface area contributed by atoms with E-state index in [0.29, 0.717) is 29.1 Å². The van der Waals surface area contributed by atoms with Crippen molar-refractivity contribution in [2.45, 2.75) is 25.7 Å². The van der Waals surface area contributed by atoms with Crippen LogP contribution in [0, 0.1) is 0 Å². The summed E-state index contributed by atoms with van der Waals surface area (Å²) in [5.41, 5.74) is 1.43. The van der Waals surface area contributed by atoms with E-state index in [-0.39, 0.29) is 5.76 Å². The molecule has 0 bridgehead atoms. The summed E-state index contributed by atoms with van der Waals surface area (Å²) >= 11 is 9.43. The number of benzene rings is 1. The number of rotatable bonds is 4. The summed E-state index contributed by atoms with van der Waals surface area (Å²) in [5, 5.41) is 0.566. The smallest absolute Gasteiger partial charge is 0.376 e. The zero-order chi connectivity index (χ0) is 15.0. The van der Waals surface area contributed by atoms with E-state index in [1.165, 1.54) is 0 Å². The lowest BCUT2D eigenvalue weighted by atomic mass is 10.2. The van der Waals surface area contributed by atoms with Crippen molar-refractivity contribution >= 4 is 33.5 Å². The van der Waals surface area contributed by atoms with E-state index in [4.69, 9.17) is 20.8 Å². The van der Waals surface area contributed by atoms with Gasteiger partial charge in [0.05, 0.1) is 17.3 Å². The maximum absolute atomic E-state index is 12.0. The van der Waals surface area contributed by atoms with Gasteiger partial charge in [-0.05, 0) is 53.9 Å². The van der Waals surface area contributed by atoms with E-state index in [1.54, 1.807) is 13.0 Å². The van der Waals surface area contributed by atoms with Gasteiger partial charge in [0.25, 0.3) is 0 Å². The second-order valence-electron chi connectivity index (χ2n) is 4.86. The Balaban J connectivity index is 2.01. The highest BCUT2D eigenvalue weighted by Crippen LogP contribution is 2.42. The largest absolute Gasteiger partial charge is 0.460 e. The zero-order valence-corrected chi connectivity index (χ0v) is 13.7. The van der Waals surface area contributed by atoms with Crippen LogP contribution < -0.4 is 0 Å². The highest BCUT2D eigenvalue weighted by atomic mass is 79.9. The van der Waals surface area contributed by atoms with Gasteiger partial charge in [0.15, 0.2) is 0 Å². The van der Waals surface area contributed by atoms with E-state index in [1.807, 2.05) is 12.1 Å². The van der Waals surface area contributed by atoms with Crippen LogP contribution in [0.4, 0.5) is 0 Å². The van der Waals surface area contributed by atoms with Crippen LogP contribution in [0.25, 0.3) is 11.5 Å². The molecule has 0 aliphatic heterocycles. The third-order valence-corrected chi connectivity index (χ3v) is 4.48. The molecule has 2 aromatic rings. The minimum absolute atomic E-state index is 0.216. The van der Waals surface area contributed by atoms with Crippen molar-refractivity contribution in [3.63, 3.8) is 0 Å². The predicted octanol–water partition coefficient (Wildman–Crippen LogP) is 4.81. The van der Waals surface area contributed by atoms with Gasteiger partial charge in [0, 0.05) is 16.0 Å². The predicted molar refractivity (Wildman–Crippen MR) is 82.6 cm³/mol. The molecule has 1 aromatic carbocycles. The molecule has 6 heteroatoms. The molecule has 3 rings (SSSR count). The fraction of sp³-hybridized carbons (Fsp3) is 0.333. The average Bonchev–Trinajstić information content (AvgIpc) is 3.21. The molecule has 0 N–H and O–H groups in total. The molecule has 21 heavy (non-hydrogen) atoms. The molecule has 0 spiro atoms. The summed E-state index contributed by atoms with van der Waals surface area (Å²) in [6.07, 6.45) is 2.05. The molecule has 0 unspecified atom stereocenters. The van der Waals surface area contributed by atoms with E-state index in [2.05, 4.69) is 20.9 Å². The number of hydrogen-bond acceptors (Lipinski definition) is 4. The number of carbonyl (C=O) groups excluding carboxylic acids is 1. The second kappa shape index (κ2) is 5.81. The number of oxazole rings is 1. The number of hydrogen-bond donors (Lipinski definition) is 0. The highest BCUT2D eigenvalue weighted by molar-refractivity contribution is 9.10. The first-order chi connectivity index (χ1) is 10.1. The van der Waals surface area contributed by atoms with Gasteiger partial charge in [-0.15, -0.1) is 0 Å². The van der Waals surface area contributed by atoms with Crippen molar-refractivity contribution in [3.05, 3.63) is 39.1 Å². The lowest BCUT2D eigenvalue weighted by molar-refractivity contribution is 0.0489. The van der Waals surface area contributed by atoms with E-state index in [0.717, 1.165) is 22.9 Å². The van der Waals surface area contributed by atoms with Crippen LogP contribution in [0.2, 0.25) is 5.02 Å². The maximum Gasteiger partial charge on any atom is 0.376 e. The van der Waals surface area contributed by atoms with Crippen LogP contribution >= 0.6 is 27.5 Å². The van der Waals surface area contributed by atoms with Crippen LogP contribution in [-0.2, 0) is 4.74 Å². The second-order valence-corrected chi connectivity index (χ2v) is 6.12. The van der Waals surface area contributed by atoms with E-state index >= 15 is 0 Å². The first-order valence-electron chi connectivity index (χ1n) is 6.73. The van der Waals surface area contributed by atoms with E-state index in [9.17, 15) is 4.79 Å². The summed E-state index contributed by atoms with van der Waals surface area (Å²) in [6, 6.07) is 5.42. The Hall–Kier alpha value is -1.33. The summed E-state index contributed by atoms with van der Waals surface area (Å²) in [4.78, 5) is 16.4. The first kappa shape index (κ1) is 14.6. The molecule has 1 fully saturated rings. The van der Waals surface area contributed by atoms with E-state index < -0.39 is 5.97 Å². The summed E-state index contributed by atoms with van der Waals surface area (Å²) in [7, 11) is 0. The van der Waals surface area contributed by atoms with Crippen LogP contribution in [0.3, 0.4) is 0 Å². The molecule has 110 valence electrons.